The van der Waals surface area contributed by atoms with Crippen molar-refractivity contribution in [2.24, 2.45) is 5.92 Å². The average molecular weight is 368 g/mol. The number of sulfonamides is 1. The van der Waals surface area contributed by atoms with Crippen LogP contribution in [0.2, 0.25) is 0 Å². The molecular weight excluding hydrogens is 338 g/mol. The second-order valence-corrected chi connectivity index (χ2v) is 9.19. The first-order chi connectivity index (χ1) is 11.6. The van der Waals surface area contributed by atoms with E-state index in [-0.39, 0.29) is 24.4 Å². The molecule has 0 saturated heterocycles. The summed E-state index contributed by atoms with van der Waals surface area (Å²) in [5.41, 5.74) is 2.53. The maximum atomic E-state index is 12.2. The molecule has 0 aliphatic heterocycles. The van der Waals surface area contributed by atoms with E-state index in [1.54, 1.807) is 0 Å². The minimum absolute atomic E-state index is 0.0543. The Labute approximate surface area is 151 Å². The van der Waals surface area contributed by atoms with E-state index in [1.165, 1.54) is 10.6 Å². The standard InChI is InChI=1S/C18H29N3O3S/c1-13(2)21(25(5,23)24)12-15-11-16(9-10-17(15)20(3)4)19-18(22)14-7-6-8-14/h9-11,13-14H,6-8,12H2,1-5H3,(H,19,22). The van der Waals surface area contributed by atoms with Crippen molar-refractivity contribution in [3.05, 3.63) is 23.8 Å². The van der Waals surface area contributed by atoms with E-state index >= 15 is 0 Å². The largest absolute Gasteiger partial charge is 0.377 e. The van der Waals surface area contributed by atoms with Gasteiger partial charge in [0.2, 0.25) is 15.9 Å². The Morgan fingerprint density at radius 1 is 1.28 bits per heavy atom. The molecular formula is C18H29N3O3S. The molecule has 1 saturated carbocycles. The molecule has 1 amide bonds. The van der Waals surface area contributed by atoms with Crippen LogP contribution in [0.5, 0.6) is 0 Å². The number of carbonyl (C=O) groups excluding carboxylic acids is 1. The van der Waals surface area contributed by atoms with Crippen molar-refractivity contribution in [3.63, 3.8) is 0 Å². The molecule has 140 valence electrons. The van der Waals surface area contributed by atoms with Gasteiger partial charge in [0, 0.05) is 44.0 Å². The molecule has 0 heterocycles. The molecule has 0 bridgehead atoms. The maximum absolute atomic E-state index is 12.2. The van der Waals surface area contributed by atoms with Gasteiger partial charge in [0.15, 0.2) is 0 Å². The van der Waals surface area contributed by atoms with E-state index < -0.39 is 10.0 Å². The van der Waals surface area contributed by atoms with Crippen LogP contribution in [-0.4, -0.2) is 45.0 Å². The number of nitrogens with zero attached hydrogens (tertiary/aromatic N) is 2. The number of rotatable bonds is 7. The third-order valence-corrected chi connectivity index (χ3v) is 6.04. The van der Waals surface area contributed by atoms with Crippen molar-refractivity contribution in [1.29, 1.82) is 0 Å². The molecule has 0 aromatic heterocycles. The Kier molecular flexibility index (Phi) is 6.11. The van der Waals surface area contributed by atoms with Gasteiger partial charge in [0.1, 0.15) is 0 Å². The zero-order valence-electron chi connectivity index (χ0n) is 15.7. The van der Waals surface area contributed by atoms with Crippen LogP contribution in [0.3, 0.4) is 0 Å². The average Bonchev–Trinajstić information content (AvgIpc) is 2.40. The van der Waals surface area contributed by atoms with Gasteiger partial charge in [-0.05, 0) is 50.5 Å². The van der Waals surface area contributed by atoms with Gasteiger partial charge in [-0.1, -0.05) is 6.42 Å². The molecule has 0 unspecified atom stereocenters. The first-order valence-corrected chi connectivity index (χ1v) is 10.5. The summed E-state index contributed by atoms with van der Waals surface area (Å²) in [7, 11) is 0.523. The number of hydrogen-bond donors (Lipinski definition) is 1. The van der Waals surface area contributed by atoms with Crippen LogP contribution in [0, 0.1) is 5.92 Å². The second-order valence-electron chi connectivity index (χ2n) is 7.26. The number of benzene rings is 1. The van der Waals surface area contributed by atoms with Gasteiger partial charge in [-0.15, -0.1) is 0 Å². The lowest BCUT2D eigenvalue weighted by Gasteiger charge is -2.28. The fourth-order valence-corrected chi connectivity index (χ4v) is 4.13. The van der Waals surface area contributed by atoms with Crippen LogP contribution >= 0.6 is 0 Å². The van der Waals surface area contributed by atoms with E-state index in [9.17, 15) is 13.2 Å². The van der Waals surface area contributed by atoms with Crippen LogP contribution in [0.4, 0.5) is 11.4 Å². The predicted molar refractivity (Wildman–Crippen MR) is 102 cm³/mol. The van der Waals surface area contributed by atoms with E-state index in [2.05, 4.69) is 5.32 Å². The summed E-state index contributed by atoms with van der Waals surface area (Å²) < 4.78 is 25.7. The molecule has 0 atom stereocenters. The Morgan fingerprint density at radius 3 is 2.36 bits per heavy atom. The first kappa shape index (κ1) is 19.7. The molecule has 1 aliphatic carbocycles. The number of carbonyl (C=O) groups is 1. The molecule has 1 fully saturated rings. The normalized spacial score (nSPS) is 15.3. The fraction of sp³-hybridized carbons (Fsp3) is 0.611. The van der Waals surface area contributed by atoms with E-state index in [1.807, 2.05) is 51.0 Å². The summed E-state index contributed by atoms with van der Waals surface area (Å²) in [6, 6.07) is 5.53. The Balaban J connectivity index is 2.29. The van der Waals surface area contributed by atoms with Crippen molar-refractivity contribution < 1.29 is 13.2 Å². The van der Waals surface area contributed by atoms with E-state index in [4.69, 9.17) is 0 Å². The van der Waals surface area contributed by atoms with Crippen molar-refractivity contribution in [1.82, 2.24) is 4.31 Å². The topological polar surface area (TPSA) is 69.7 Å². The molecule has 6 nitrogen and oxygen atoms in total. The third kappa shape index (κ3) is 4.95. The number of amides is 1. The number of hydrogen-bond acceptors (Lipinski definition) is 4. The Bertz CT molecular complexity index is 725. The summed E-state index contributed by atoms with van der Waals surface area (Å²) in [4.78, 5) is 14.1. The molecule has 1 aliphatic rings. The van der Waals surface area contributed by atoms with Crippen molar-refractivity contribution >= 4 is 27.3 Å². The molecule has 0 radical (unpaired) electrons. The molecule has 1 aromatic carbocycles. The summed E-state index contributed by atoms with van der Waals surface area (Å²) in [5.74, 6) is 0.166. The lowest BCUT2D eigenvalue weighted by Crippen LogP contribution is -2.36. The van der Waals surface area contributed by atoms with Gasteiger partial charge < -0.3 is 10.2 Å². The molecule has 2 rings (SSSR count). The fourth-order valence-electron chi connectivity index (χ4n) is 2.99. The van der Waals surface area contributed by atoms with Crippen molar-refractivity contribution in [3.8, 4) is 0 Å². The third-order valence-electron chi connectivity index (χ3n) is 4.63. The van der Waals surface area contributed by atoms with Gasteiger partial charge >= 0.3 is 0 Å². The summed E-state index contributed by atoms with van der Waals surface area (Å²) in [6.07, 6.45) is 4.23. The lowest BCUT2D eigenvalue weighted by molar-refractivity contribution is -0.122. The first-order valence-electron chi connectivity index (χ1n) is 8.67. The predicted octanol–water partition coefficient (Wildman–Crippen LogP) is 2.66. The van der Waals surface area contributed by atoms with E-state index in [0.29, 0.717) is 0 Å². The van der Waals surface area contributed by atoms with Gasteiger partial charge in [0.05, 0.1) is 6.26 Å². The zero-order chi connectivity index (χ0) is 18.8. The molecule has 1 N–H and O–H groups in total. The monoisotopic (exact) mass is 367 g/mol. The molecule has 1 aromatic rings. The summed E-state index contributed by atoms with van der Waals surface area (Å²) in [5, 5.41) is 2.97. The van der Waals surface area contributed by atoms with E-state index in [0.717, 1.165) is 36.2 Å². The number of nitrogens with one attached hydrogen (secondary N) is 1. The minimum atomic E-state index is -3.32. The molecule has 7 heteroatoms. The number of anilines is 2. The van der Waals surface area contributed by atoms with Crippen LogP contribution in [-0.2, 0) is 21.4 Å². The van der Waals surface area contributed by atoms with Crippen molar-refractivity contribution in [2.45, 2.75) is 45.7 Å². The van der Waals surface area contributed by atoms with Gasteiger partial charge in [-0.3, -0.25) is 4.79 Å². The second kappa shape index (κ2) is 7.74. The highest BCUT2D eigenvalue weighted by molar-refractivity contribution is 7.88. The highest BCUT2D eigenvalue weighted by Crippen LogP contribution is 2.29. The molecule has 25 heavy (non-hydrogen) atoms. The lowest BCUT2D eigenvalue weighted by atomic mass is 9.85. The Hall–Kier alpha value is -1.60. The highest BCUT2D eigenvalue weighted by atomic mass is 32.2. The Morgan fingerprint density at radius 2 is 1.92 bits per heavy atom. The van der Waals surface area contributed by atoms with Crippen LogP contribution in [0.1, 0.15) is 38.7 Å². The van der Waals surface area contributed by atoms with Gasteiger partial charge in [0.25, 0.3) is 0 Å². The highest BCUT2D eigenvalue weighted by Gasteiger charge is 2.26. The van der Waals surface area contributed by atoms with Gasteiger partial charge in [-0.25, -0.2) is 8.42 Å². The summed E-state index contributed by atoms with van der Waals surface area (Å²) in [6.45, 7) is 3.99. The van der Waals surface area contributed by atoms with Gasteiger partial charge in [-0.2, -0.15) is 4.31 Å². The molecule has 0 spiro atoms. The van der Waals surface area contributed by atoms with Crippen LogP contribution in [0.25, 0.3) is 0 Å². The summed E-state index contributed by atoms with van der Waals surface area (Å²) >= 11 is 0. The van der Waals surface area contributed by atoms with Crippen molar-refractivity contribution in [2.75, 3.05) is 30.6 Å². The smallest absolute Gasteiger partial charge is 0.227 e. The van der Waals surface area contributed by atoms with Crippen LogP contribution in [0.15, 0.2) is 18.2 Å². The SMILES string of the molecule is CC(C)N(Cc1cc(NC(=O)C2CCC2)ccc1N(C)C)S(C)(=O)=O. The minimum Gasteiger partial charge on any atom is -0.377 e. The zero-order valence-corrected chi connectivity index (χ0v) is 16.6. The quantitative estimate of drug-likeness (QED) is 0.804. The van der Waals surface area contributed by atoms with Crippen LogP contribution < -0.4 is 10.2 Å². The maximum Gasteiger partial charge on any atom is 0.227 e.